The molecule has 0 saturated carbocycles. The smallest absolute Gasteiger partial charge is 0.114 e. The van der Waals surface area contributed by atoms with E-state index in [0.29, 0.717) is 6.61 Å². The molecule has 0 bridgehead atoms. The molecule has 1 aliphatic rings. The number of hydrogen-bond acceptors (Lipinski definition) is 5. The first-order valence-corrected chi connectivity index (χ1v) is 12.6. The molecule has 1 fully saturated rings. The Morgan fingerprint density at radius 1 is 0.833 bits per heavy atom. The van der Waals surface area contributed by atoms with Crippen LogP contribution in [0.1, 0.15) is 103 Å². The van der Waals surface area contributed by atoms with Crippen molar-refractivity contribution in [2.24, 2.45) is 0 Å². The van der Waals surface area contributed by atoms with Gasteiger partial charge in [-0.1, -0.05) is 89.7 Å². The van der Waals surface area contributed by atoms with Crippen LogP contribution in [0.2, 0.25) is 0 Å². The summed E-state index contributed by atoms with van der Waals surface area (Å²) in [5.41, 5.74) is 0. The minimum atomic E-state index is -0.988. The molecule has 30 heavy (non-hydrogen) atoms. The van der Waals surface area contributed by atoms with Gasteiger partial charge in [-0.3, -0.25) is 0 Å². The number of aliphatic hydroxyl groups excluding tert-OH is 3. The zero-order valence-corrected chi connectivity index (χ0v) is 19.4. The average Bonchev–Trinajstić information content (AvgIpc) is 3.08. The quantitative estimate of drug-likeness (QED) is 0.190. The van der Waals surface area contributed by atoms with Crippen molar-refractivity contribution < 1.29 is 24.8 Å². The van der Waals surface area contributed by atoms with E-state index >= 15 is 0 Å². The summed E-state index contributed by atoms with van der Waals surface area (Å²) in [5, 5.41) is 28.8. The molecule has 1 rings (SSSR count). The van der Waals surface area contributed by atoms with Crippen molar-refractivity contribution >= 4 is 0 Å². The number of unbranched alkanes of at least 4 members (excludes halogenated alkanes) is 13. The monoisotopic (exact) mass is 428 g/mol. The fourth-order valence-electron chi connectivity index (χ4n) is 3.98. The molecule has 0 radical (unpaired) electrons. The number of aliphatic hydroxyl groups is 3. The largest absolute Gasteiger partial charge is 0.394 e. The molecule has 0 unspecified atom stereocenters. The van der Waals surface area contributed by atoms with Crippen LogP contribution < -0.4 is 0 Å². The van der Waals surface area contributed by atoms with Gasteiger partial charge in [0.1, 0.15) is 24.4 Å². The molecular weight excluding hydrogens is 380 g/mol. The van der Waals surface area contributed by atoms with E-state index in [1.807, 2.05) is 0 Å². The fraction of sp³-hybridized carbons (Fsp3) is 0.920. The maximum absolute atomic E-state index is 9.83. The zero-order valence-electron chi connectivity index (χ0n) is 19.4. The Labute approximate surface area is 184 Å². The molecule has 1 aliphatic heterocycles. The summed E-state index contributed by atoms with van der Waals surface area (Å²) >= 11 is 0. The van der Waals surface area contributed by atoms with Crippen LogP contribution in [0.3, 0.4) is 0 Å². The van der Waals surface area contributed by atoms with Gasteiger partial charge < -0.3 is 24.8 Å². The lowest BCUT2D eigenvalue weighted by Gasteiger charge is -2.24. The van der Waals surface area contributed by atoms with Crippen LogP contribution in [0.25, 0.3) is 0 Å². The van der Waals surface area contributed by atoms with Gasteiger partial charge in [0.25, 0.3) is 0 Å². The maximum Gasteiger partial charge on any atom is 0.114 e. The van der Waals surface area contributed by atoms with Crippen LogP contribution in [0.15, 0.2) is 12.2 Å². The summed E-state index contributed by atoms with van der Waals surface area (Å²) in [6.45, 7) is 2.65. The van der Waals surface area contributed by atoms with E-state index in [0.717, 1.165) is 19.3 Å². The van der Waals surface area contributed by atoms with Gasteiger partial charge in [-0.25, -0.2) is 0 Å². The second-order valence-electron chi connectivity index (χ2n) is 8.74. The third kappa shape index (κ3) is 13.1. The van der Waals surface area contributed by atoms with Crippen LogP contribution in [-0.4, -0.2) is 59.6 Å². The molecule has 0 aromatic rings. The van der Waals surface area contributed by atoms with Crippen molar-refractivity contribution in [3.05, 3.63) is 12.2 Å². The normalized spacial score (nSPS) is 22.9. The lowest BCUT2D eigenvalue weighted by Crippen LogP contribution is -2.42. The summed E-state index contributed by atoms with van der Waals surface area (Å²) in [6, 6.07) is 0. The molecule has 0 aromatic heterocycles. The maximum atomic E-state index is 9.83. The number of rotatable bonds is 20. The first-order chi connectivity index (χ1) is 14.7. The molecule has 1 heterocycles. The van der Waals surface area contributed by atoms with Crippen LogP contribution in [-0.2, 0) is 9.47 Å². The van der Waals surface area contributed by atoms with Gasteiger partial charge in [0.2, 0.25) is 0 Å². The summed E-state index contributed by atoms with van der Waals surface area (Å²) in [6.07, 6.45) is 20.9. The van der Waals surface area contributed by atoms with Gasteiger partial charge in [-0.15, -0.1) is 0 Å². The molecule has 0 spiro atoms. The SMILES string of the molecule is CCCCCCCCCCCCCC/C=C/CCCO[C@@H](CO)[C@@H]1OC[C@@H](O)[C@@H]1O. The van der Waals surface area contributed by atoms with Crippen molar-refractivity contribution in [1.29, 1.82) is 0 Å². The van der Waals surface area contributed by atoms with Crippen molar-refractivity contribution in [2.75, 3.05) is 19.8 Å². The van der Waals surface area contributed by atoms with Crippen LogP contribution >= 0.6 is 0 Å². The summed E-state index contributed by atoms with van der Waals surface area (Å²) in [7, 11) is 0. The lowest BCUT2D eigenvalue weighted by atomic mass is 10.0. The third-order valence-corrected chi connectivity index (χ3v) is 5.97. The Balaban J connectivity index is 1.85. The molecular formula is C25H48O5. The fourth-order valence-corrected chi connectivity index (χ4v) is 3.98. The van der Waals surface area contributed by atoms with Gasteiger partial charge in [-0.05, 0) is 25.7 Å². The van der Waals surface area contributed by atoms with Crippen molar-refractivity contribution in [2.45, 2.75) is 128 Å². The van der Waals surface area contributed by atoms with Gasteiger partial charge >= 0.3 is 0 Å². The predicted molar refractivity (Wildman–Crippen MR) is 123 cm³/mol. The molecule has 5 heteroatoms. The number of allylic oxidation sites excluding steroid dienone is 2. The molecule has 1 saturated heterocycles. The Morgan fingerprint density at radius 3 is 1.87 bits per heavy atom. The van der Waals surface area contributed by atoms with E-state index in [9.17, 15) is 15.3 Å². The van der Waals surface area contributed by atoms with E-state index in [1.54, 1.807) is 0 Å². The van der Waals surface area contributed by atoms with Gasteiger partial charge in [0.15, 0.2) is 0 Å². The second kappa shape index (κ2) is 19.2. The molecule has 0 amide bonds. The van der Waals surface area contributed by atoms with Crippen molar-refractivity contribution in [3.8, 4) is 0 Å². The van der Waals surface area contributed by atoms with E-state index in [2.05, 4.69) is 19.1 Å². The molecule has 3 N–H and O–H groups in total. The van der Waals surface area contributed by atoms with Gasteiger partial charge in [0.05, 0.1) is 13.2 Å². The third-order valence-electron chi connectivity index (χ3n) is 5.97. The van der Waals surface area contributed by atoms with Crippen molar-refractivity contribution in [3.63, 3.8) is 0 Å². The van der Waals surface area contributed by atoms with E-state index < -0.39 is 24.4 Å². The minimum Gasteiger partial charge on any atom is -0.394 e. The Bertz CT molecular complexity index is 401. The first kappa shape index (κ1) is 27.6. The van der Waals surface area contributed by atoms with E-state index in [-0.39, 0.29) is 13.2 Å². The average molecular weight is 429 g/mol. The Hall–Kier alpha value is -0.460. The highest BCUT2D eigenvalue weighted by Gasteiger charge is 2.40. The number of ether oxygens (including phenoxy) is 2. The standard InChI is InChI=1S/C25H48O5/c1-2-3-4-5-6-7-8-9-10-11-12-13-14-15-16-17-18-19-29-23(20-26)25-24(28)22(27)21-30-25/h15-16,22-28H,2-14,17-21H2,1H3/b16-15+/t22-,23+,24+,25+/m1/s1. The highest BCUT2D eigenvalue weighted by molar-refractivity contribution is 4.88. The van der Waals surface area contributed by atoms with Crippen LogP contribution in [0, 0.1) is 0 Å². The zero-order chi connectivity index (χ0) is 21.9. The molecule has 0 aliphatic carbocycles. The van der Waals surface area contributed by atoms with Crippen molar-refractivity contribution in [1.82, 2.24) is 0 Å². The second-order valence-corrected chi connectivity index (χ2v) is 8.74. The van der Waals surface area contributed by atoms with Crippen LogP contribution in [0.5, 0.6) is 0 Å². The van der Waals surface area contributed by atoms with Crippen LogP contribution in [0.4, 0.5) is 0 Å². The molecule has 4 atom stereocenters. The summed E-state index contributed by atoms with van der Waals surface area (Å²) in [4.78, 5) is 0. The highest BCUT2D eigenvalue weighted by atomic mass is 16.6. The molecule has 5 nitrogen and oxygen atoms in total. The summed E-state index contributed by atoms with van der Waals surface area (Å²) < 4.78 is 11.0. The van der Waals surface area contributed by atoms with Gasteiger partial charge in [0, 0.05) is 6.61 Å². The lowest BCUT2D eigenvalue weighted by molar-refractivity contribution is -0.101. The Morgan fingerprint density at radius 2 is 1.37 bits per heavy atom. The Kier molecular flexibility index (Phi) is 17.7. The topological polar surface area (TPSA) is 79.2 Å². The van der Waals surface area contributed by atoms with E-state index in [4.69, 9.17) is 9.47 Å². The molecule has 0 aromatic carbocycles. The van der Waals surface area contributed by atoms with E-state index in [1.165, 1.54) is 77.0 Å². The predicted octanol–water partition coefficient (Wildman–Crippen LogP) is 4.91. The van der Waals surface area contributed by atoms with Gasteiger partial charge in [-0.2, -0.15) is 0 Å². The highest BCUT2D eigenvalue weighted by Crippen LogP contribution is 2.19. The minimum absolute atomic E-state index is 0.0908. The first-order valence-electron chi connectivity index (χ1n) is 12.6. The molecule has 178 valence electrons. The number of hydrogen-bond donors (Lipinski definition) is 3. The summed E-state index contributed by atoms with van der Waals surface area (Å²) in [5.74, 6) is 0.